The maximum atomic E-state index is 11.3. The number of halogens is 4. The van der Waals surface area contributed by atoms with Crippen molar-refractivity contribution in [2.45, 2.75) is 22.1 Å². The number of phosphoric ester groups is 1. The van der Waals surface area contributed by atoms with Crippen LogP contribution in [0.3, 0.4) is 0 Å². The minimum atomic E-state index is -4.13. The van der Waals surface area contributed by atoms with Crippen molar-refractivity contribution in [3.05, 3.63) is 0 Å². The van der Waals surface area contributed by atoms with Crippen molar-refractivity contribution < 1.29 is 18.5 Å². The van der Waals surface area contributed by atoms with Crippen LogP contribution in [0.5, 0.6) is 0 Å². The van der Waals surface area contributed by atoms with E-state index >= 15 is 0 Å². The minimum absolute atomic E-state index is 0.0503. The van der Waals surface area contributed by atoms with Gasteiger partial charge in [-0.1, -0.05) is 43.5 Å². The Morgan fingerprint density at radius 1 is 1.60 bits per heavy atom. The molecule has 1 N–H and O–H groups in total. The fraction of sp³-hybridized carbons (Fsp3) is 1.00. The fourth-order valence-corrected chi connectivity index (χ4v) is 2.69. The van der Waals surface area contributed by atoms with Crippen LogP contribution in [0.1, 0.15) is 13.3 Å². The molecule has 0 aromatic heterocycles. The van der Waals surface area contributed by atoms with Gasteiger partial charge in [-0.05, 0) is 6.92 Å². The van der Waals surface area contributed by atoms with Gasteiger partial charge in [-0.3, -0.25) is 9.05 Å². The van der Waals surface area contributed by atoms with Crippen LogP contribution in [0, 0.1) is 0 Å². The highest BCUT2D eigenvalue weighted by Crippen LogP contribution is 2.47. The maximum Gasteiger partial charge on any atom is 0.473 e. The van der Waals surface area contributed by atoms with Gasteiger partial charge in [0.15, 0.2) is 0 Å². The molecule has 15 heavy (non-hydrogen) atoms. The van der Waals surface area contributed by atoms with Gasteiger partial charge in [0.1, 0.15) is 8.80 Å². The molecule has 2 unspecified atom stereocenters. The molecule has 2 atom stereocenters. The predicted molar refractivity (Wildman–Crippen MR) is 68.1 cm³/mol. The largest absolute Gasteiger partial charge is 0.473 e. The number of phosphoric acid groups is 1. The van der Waals surface area contributed by atoms with E-state index in [9.17, 15) is 9.46 Å². The minimum Gasteiger partial charge on any atom is -0.302 e. The summed E-state index contributed by atoms with van der Waals surface area (Å²) in [5.41, 5.74) is -0.935. The second-order valence-electron chi connectivity index (χ2n) is 2.81. The van der Waals surface area contributed by atoms with E-state index in [1.807, 2.05) is 0 Å². The second-order valence-corrected chi connectivity index (χ2v) is 9.64. The van der Waals surface area contributed by atoms with Gasteiger partial charge in [-0.2, -0.15) is 0 Å². The monoisotopic (exact) mass is 406 g/mol. The van der Waals surface area contributed by atoms with E-state index in [1.165, 1.54) is 0 Å². The van der Waals surface area contributed by atoms with Gasteiger partial charge in [-0.25, -0.2) is 4.57 Å². The Morgan fingerprint density at radius 3 is 2.53 bits per heavy atom. The lowest BCUT2D eigenvalue weighted by molar-refractivity contribution is 0.135. The number of rotatable bonds is 7. The van der Waals surface area contributed by atoms with Crippen molar-refractivity contribution in [3.63, 3.8) is 0 Å². The van der Waals surface area contributed by atoms with Crippen molar-refractivity contribution in [1.29, 1.82) is 0 Å². The Balaban J connectivity index is 4.02. The highest BCUT2D eigenvalue weighted by Gasteiger charge is 2.29. The van der Waals surface area contributed by atoms with Gasteiger partial charge in [0, 0.05) is 12.3 Å². The van der Waals surface area contributed by atoms with Gasteiger partial charge in [0.05, 0.1) is 6.61 Å². The van der Waals surface area contributed by atoms with Crippen LogP contribution in [0.25, 0.3) is 0 Å². The number of hydrogen-bond acceptors (Lipinski definition) is 3. The normalized spacial score (nSPS) is 18.5. The van der Waals surface area contributed by atoms with Gasteiger partial charge in [-0.15, -0.1) is 11.6 Å². The van der Waals surface area contributed by atoms with Crippen LogP contribution in [0.2, 0.25) is 0 Å². The van der Waals surface area contributed by atoms with Gasteiger partial charge in [0.2, 0.25) is 0 Å². The topological polar surface area (TPSA) is 55.8 Å². The number of alkyl halides is 4. The molecule has 0 aliphatic carbocycles. The third kappa shape index (κ3) is 10.5. The van der Waals surface area contributed by atoms with Crippen LogP contribution < -0.4 is 0 Å². The first-order valence-corrected chi connectivity index (χ1v) is 7.95. The van der Waals surface area contributed by atoms with Crippen LogP contribution in [0.4, 0.5) is 0 Å². The van der Waals surface area contributed by atoms with E-state index in [2.05, 4.69) is 40.9 Å². The fourth-order valence-electron chi connectivity index (χ4n) is 0.508. The average Bonchev–Trinajstić information content (AvgIpc) is 1.99. The van der Waals surface area contributed by atoms with E-state index < -0.39 is 16.6 Å². The first kappa shape index (κ1) is 16.6. The van der Waals surface area contributed by atoms with E-state index in [4.69, 9.17) is 23.2 Å². The molecule has 0 heterocycles. The molecule has 0 spiro atoms. The molecule has 0 rings (SSSR count). The van der Waals surface area contributed by atoms with Crippen LogP contribution in [0.15, 0.2) is 0 Å². The third-order valence-electron chi connectivity index (χ3n) is 1.06. The molecule has 0 aliphatic rings. The molecule has 0 saturated carbocycles. The SMILES string of the molecule is CC(Br)(Br)COP(=O)(O)OC(Cl)CCCl. The highest BCUT2D eigenvalue weighted by molar-refractivity contribution is 9.25. The Kier molecular flexibility index (Phi) is 7.95. The molecule has 0 fully saturated rings. The Hall–Kier alpha value is 1.65. The average molecular weight is 409 g/mol. The van der Waals surface area contributed by atoms with Crippen LogP contribution in [-0.2, 0) is 13.6 Å². The van der Waals surface area contributed by atoms with Crippen LogP contribution >= 0.6 is 62.9 Å². The lowest BCUT2D eigenvalue weighted by Crippen LogP contribution is -2.15. The Labute approximate surface area is 115 Å². The Bertz CT molecular complexity index is 236. The molecule has 0 bridgehead atoms. The molecule has 92 valence electrons. The summed E-state index contributed by atoms with van der Waals surface area (Å²) in [6.45, 7) is 1.66. The summed E-state index contributed by atoms with van der Waals surface area (Å²) in [7, 11) is -4.13. The molecule has 0 aromatic rings. The van der Waals surface area contributed by atoms with E-state index in [0.29, 0.717) is 0 Å². The molecular weight excluding hydrogens is 398 g/mol. The summed E-state index contributed by atoms with van der Waals surface area (Å²) in [4.78, 5) is 9.22. The molecule has 0 aromatic carbocycles. The van der Waals surface area contributed by atoms with E-state index in [1.54, 1.807) is 6.92 Å². The molecule has 4 nitrogen and oxygen atoms in total. The van der Waals surface area contributed by atoms with E-state index in [0.717, 1.165) is 0 Å². The van der Waals surface area contributed by atoms with Crippen molar-refractivity contribution >= 4 is 62.9 Å². The smallest absolute Gasteiger partial charge is 0.302 e. The first-order valence-electron chi connectivity index (χ1n) is 3.90. The molecule has 0 radical (unpaired) electrons. The summed E-state index contributed by atoms with van der Waals surface area (Å²) >= 11 is 17.3. The lowest BCUT2D eigenvalue weighted by atomic mass is 10.5. The third-order valence-corrected chi connectivity index (χ3v) is 3.15. The highest BCUT2D eigenvalue weighted by atomic mass is 79.9. The number of hydrogen-bond donors (Lipinski definition) is 1. The molecule has 0 saturated heterocycles. The van der Waals surface area contributed by atoms with Crippen molar-refractivity contribution in [2.75, 3.05) is 12.5 Å². The standard InChI is InChI=1S/C6H11Br2Cl2O4P/c1-6(7,8)4-13-15(11,12)14-5(10)2-3-9/h5H,2-4H2,1H3,(H,11,12). The van der Waals surface area contributed by atoms with Crippen LogP contribution in [-0.4, -0.2) is 26.2 Å². The molecule has 0 amide bonds. The lowest BCUT2D eigenvalue weighted by Gasteiger charge is -2.19. The molecule has 9 heteroatoms. The maximum absolute atomic E-state index is 11.3. The zero-order valence-electron chi connectivity index (χ0n) is 7.83. The molecular formula is C6H11Br2Cl2O4P. The summed E-state index contributed by atoms with van der Waals surface area (Å²) in [6.07, 6.45) is 0.261. The summed E-state index contributed by atoms with van der Waals surface area (Å²) in [5, 5.41) is 0. The summed E-state index contributed by atoms with van der Waals surface area (Å²) < 4.78 is 20.0. The zero-order chi connectivity index (χ0) is 12.1. The first-order chi connectivity index (χ1) is 6.66. The molecule has 0 aliphatic heterocycles. The van der Waals surface area contributed by atoms with Gasteiger partial charge in [0.25, 0.3) is 0 Å². The van der Waals surface area contributed by atoms with Crippen molar-refractivity contribution in [2.24, 2.45) is 0 Å². The van der Waals surface area contributed by atoms with Gasteiger partial charge < -0.3 is 4.89 Å². The Morgan fingerprint density at radius 2 is 2.13 bits per heavy atom. The van der Waals surface area contributed by atoms with E-state index in [-0.39, 0.29) is 18.9 Å². The quantitative estimate of drug-likeness (QED) is 0.514. The van der Waals surface area contributed by atoms with Crippen molar-refractivity contribution in [3.8, 4) is 0 Å². The van der Waals surface area contributed by atoms with Gasteiger partial charge >= 0.3 is 7.82 Å². The summed E-state index contributed by atoms with van der Waals surface area (Å²) in [6, 6.07) is 0. The zero-order valence-corrected chi connectivity index (χ0v) is 13.4. The predicted octanol–water partition coefficient (Wildman–Crippen LogP) is 3.82. The van der Waals surface area contributed by atoms with Crippen molar-refractivity contribution in [1.82, 2.24) is 0 Å². The second kappa shape index (κ2) is 7.17. The summed E-state index contributed by atoms with van der Waals surface area (Å²) in [5.74, 6) is 0.239.